The standard InChI is InChI=1S/C31H34FN5.C2H2/c1-7-12-26(23-13-11-14-34-19-23)31-21(6)36-30(37-31)17-24-16-27(28(32)18-29(24)33)22(9-3)15-25(10-4)35-20(5)8-2;1-2/h7,9-16,18-19,35H,1,4-5,8,17,33H2,2-3,6H3,(H,36,37);1-2H/b22-9+,25-15+,26-12-;. The average Bonchev–Trinajstić information content (AvgIpc) is 3.32. The van der Waals surface area contributed by atoms with E-state index in [1.54, 1.807) is 30.6 Å². The van der Waals surface area contributed by atoms with Crippen molar-refractivity contribution >= 4 is 16.8 Å². The molecule has 1 aromatic carbocycles. The third kappa shape index (κ3) is 7.80. The number of allylic oxidation sites excluding steroid dienone is 7. The zero-order valence-corrected chi connectivity index (χ0v) is 22.9. The molecule has 0 amide bonds. The summed E-state index contributed by atoms with van der Waals surface area (Å²) < 4.78 is 15.1. The molecule has 0 saturated heterocycles. The van der Waals surface area contributed by atoms with E-state index in [1.807, 2.05) is 51.1 Å². The van der Waals surface area contributed by atoms with Crippen molar-refractivity contribution in [3.05, 3.63) is 138 Å². The molecule has 0 unspecified atom stereocenters. The summed E-state index contributed by atoms with van der Waals surface area (Å²) in [6.45, 7) is 17.5. The first-order valence-corrected chi connectivity index (χ1v) is 12.5. The largest absolute Gasteiger partial charge is 0.398 e. The molecule has 2 heterocycles. The second-order valence-corrected chi connectivity index (χ2v) is 8.55. The number of pyridine rings is 1. The van der Waals surface area contributed by atoms with Crippen LogP contribution in [0.4, 0.5) is 10.1 Å². The molecule has 2 aromatic heterocycles. The van der Waals surface area contributed by atoms with E-state index in [1.165, 1.54) is 6.07 Å². The van der Waals surface area contributed by atoms with Crippen LogP contribution in [0.5, 0.6) is 0 Å². The number of imidazole rings is 1. The lowest BCUT2D eigenvalue weighted by atomic mass is 9.98. The van der Waals surface area contributed by atoms with E-state index in [-0.39, 0.29) is 0 Å². The van der Waals surface area contributed by atoms with Crippen molar-refractivity contribution in [1.82, 2.24) is 20.3 Å². The minimum absolute atomic E-state index is 0.367. The van der Waals surface area contributed by atoms with Gasteiger partial charge in [0.2, 0.25) is 0 Å². The van der Waals surface area contributed by atoms with E-state index in [2.05, 4.69) is 47.9 Å². The molecule has 0 spiro atoms. The molecule has 3 aromatic rings. The van der Waals surface area contributed by atoms with Crippen LogP contribution in [0.1, 0.15) is 54.2 Å². The summed E-state index contributed by atoms with van der Waals surface area (Å²) in [5.74, 6) is 0.327. The van der Waals surface area contributed by atoms with Crippen LogP contribution in [-0.2, 0) is 6.42 Å². The number of nitrogens with one attached hydrogen (secondary N) is 2. The smallest absolute Gasteiger partial charge is 0.133 e. The zero-order valence-electron chi connectivity index (χ0n) is 22.9. The summed E-state index contributed by atoms with van der Waals surface area (Å²) in [4.78, 5) is 12.4. The van der Waals surface area contributed by atoms with Gasteiger partial charge in [-0.05, 0) is 61.8 Å². The number of halogens is 1. The second-order valence-electron chi connectivity index (χ2n) is 8.55. The van der Waals surface area contributed by atoms with Gasteiger partial charge >= 0.3 is 0 Å². The first-order valence-electron chi connectivity index (χ1n) is 12.5. The zero-order chi connectivity index (χ0) is 28.9. The molecule has 0 aliphatic carbocycles. The van der Waals surface area contributed by atoms with Crippen molar-refractivity contribution in [2.24, 2.45) is 0 Å². The van der Waals surface area contributed by atoms with Gasteiger partial charge in [-0.25, -0.2) is 9.37 Å². The number of nitrogens with two attached hydrogens (primary N) is 1. The Kier molecular flexibility index (Phi) is 11.5. The predicted octanol–water partition coefficient (Wildman–Crippen LogP) is 7.28. The number of terminal acetylenes is 1. The molecule has 6 heteroatoms. The molecule has 0 atom stereocenters. The third-order valence-corrected chi connectivity index (χ3v) is 5.93. The van der Waals surface area contributed by atoms with Gasteiger partial charge in [-0.1, -0.05) is 51.0 Å². The normalized spacial score (nSPS) is 11.8. The molecular weight excluding hydrogens is 485 g/mol. The number of nitrogens with zero attached hydrogens (tertiary/aromatic N) is 2. The van der Waals surface area contributed by atoms with Crippen molar-refractivity contribution in [2.75, 3.05) is 5.73 Å². The van der Waals surface area contributed by atoms with E-state index in [0.717, 1.165) is 51.7 Å². The van der Waals surface area contributed by atoms with E-state index >= 15 is 4.39 Å². The lowest BCUT2D eigenvalue weighted by Gasteiger charge is -2.13. The fourth-order valence-corrected chi connectivity index (χ4v) is 3.93. The third-order valence-electron chi connectivity index (χ3n) is 5.93. The van der Waals surface area contributed by atoms with E-state index in [0.29, 0.717) is 23.2 Å². The lowest BCUT2D eigenvalue weighted by molar-refractivity contribution is 0.624. The van der Waals surface area contributed by atoms with Crippen LogP contribution in [0.2, 0.25) is 0 Å². The molecule has 0 aliphatic rings. The highest BCUT2D eigenvalue weighted by Gasteiger charge is 2.16. The number of anilines is 1. The van der Waals surface area contributed by atoms with E-state index in [4.69, 9.17) is 10.7 Å². The highest BCUT2D eigenvalue weighted by Crippen LogP contribution is 2.29. The average molecular weight is 522 g/mol. The van der Waals surface area contributed by atoms with Gasteiger partial charge in [-0.2, -0.15) is 0 Å². The summed E-state index contributed by atoms with van der Waals surface area (Å²) in [6, 6.07) is 7.01. The Hall–Kier alpha value is -4.89. The maximum atomic E-state index is 15.1. The van der Waals surface area contributed by atoms with Gasteiger partial charge in [0.05, 0.1) is 5.69 Å². The number of hydrogen-bond acceptors (Lipinski definition) is 4. The van der Waals surface area contributed by atoms with E-state index in [9.17, 15) is 0 Å². The number of aromatic amines is 1. The van der Waals surface area contributed by atoms with E-state index < -0.39 is 5.82 Å². The Labute approximate surface area is 231 Å². The van der Waals surface area contributed by atoms with Gasteiger partial charge in [-0.15, -0.1) is 12.8 Å². The van der Waals surface area contributed by atoms with Crippen molar-refractivity contribution in [3.8, 4) is 12.8 Å². The number of hydrogen-bond donors (Lipinski definition) is 3. The Morgan fingerprint density at radius 3 is 2.59 bits per heavy atom. The number of benzene rings is 1. The van der Waals surface area contributed by atoms with Crippen molar-refractivity contribution in [2.45, 2.75) is 33.6 Å². The monoisotopic (exact) mass is 521 g/mol. The fourth-order valence-electron chi connectivity index (χ4n) is 3.93. The summed E-state index contributed by atoms with van der Waals surface area (Å²) >= 11 is 0. The van der Waals surface area contributed by atoms with Crippen LogP contribution in [0.25, 0.3) is 11.1 Å². The SMILES string of the molecule is C#C.C=C/C=C(/c1cccnc1)c1nc(Cc2cc(C(/C=C(\C=C)NC(=C)CC)=C/C)c(F)cc2N)[nH]c1C. The topological polar surface area (TPSA) is 79.6 Å². The first-order chi connectivity index (χ1) is 18.8. The summed E-state index contributed by atoms with van der Waals surface area (Å²) in [5.41, 5.74) is 13.7. The number of aryl methyl sites for hydroxylation is 1. The highest BCUT2D eigenvalue weighted by atomic mass is 19.1. The van der Waals surface area contributed by atoms with Gasteiger partial charge < -0.3 is 16.0 Å². The maximum absolute atomic E-state index is 15.1. The molecule has 0 fully saturated rings. The molecule has 5 nitrogen and oxygen atoms in total. The summed E-state index contributed by atoms with van der Waals surface area (Å²) in [6.07, 6.45) is 21.7. The molecule has 0 bridgehead atoms. The summed E-state index contributed by atoms with van der Waals surface area (Å²) in [5, 5.41) is 3.21. The Balaban J connectivity index is 0.00000260. The lowest BCUT2D eigenvalue weighted by Crippen LogP contribution is -2.10. The minimum Gasteiger partial charge on any atom is -0.398 e. The number of H-pyrrole nitrogens is 1. The van der Waals surface area contributed by atoms with Gasteiger partial charge in [0.25, 0.3) is 0 Å². The molecule has 0 radical (unpaired) electrons. The van der Waals surface area contributed by atoms with Crippen LogP contribution in [0, 0.1) is 25.6 Å². The quantitative estimate of drug-likeness (QED) is 0.141. The number of nitrogen functional groups attached to an aromatic ring is 1. The van der Waals surface area contributed by atoms with Crippen LogP contribution in [0.3, 0.4) is 0 Å². The van der Waals surface area contributed by atoms with Crippen LogP contribution >= 0.6 is 0 Å². The van der Waals surface area contributed by atoms with Crippen LogP contribution in [-0.4, -0.2) is 15.0 Å². The minimum atomic E-state index is -0.396. The Morgan fingerprint density at radius 2 is 2.00 bits per heavy atom. The Morgan fingerprint density at radius 1 is 1.26 bits per heavy atom. The molecule has 0 saturated carbocycles. The predicted molar refractivity (Wildman–Crippen MR) is 163 cm³/mol. The molecule has 4 N–H and O–H groups in total. The molecule has 0 aliphatic heterocycles. The van der Waals surface area contributed by atoms with Gasteiger partial charge in [0, 0.05) is 58.3 Å². The number of rotatable bonds is 11. The van der Waals surface area contributed by atoms with Gasteiger partial charge in [-0.3, -0.25) is 4.98 Å². The highest BCUT2D eigenvalue weighted by molar-refractivity contribution is 5.80. The van der Waals surface area contributed by atoms with Crippen molar-refractivity contribution in [1.29, 1.82) is 0 Å². The van der Waals surface area contributed by atoms with Crippen molar-refractivity contribution in [3.63, 3.8) is 0 Å². The van der Waals surface area contributed by atoms with Crippen molar-refractivity contribution < 1.29 is 4.39 Å². The fraction of sp³-hybridized carbons (Fsp3) is 0.152. The summed E-state index contributed by atoms with van der Waals surface area (Å²) in [7, 11) is 0. The molecule has 3 rings (SSSR count). The van der Waals surface area contributed by atoms with Gasteiger partial charge in [0.15, 0.2) is 0 Å². The Bertz CT molecular complexity index is 1440. The van der Waals surface area contributed by atoms with Crippen LogP contribution < -0.4 is 11.1 Å². The second kappa shape index (κ2) is 14.7. The molecule has 39 heavy (non-hydrogen) atoms. The number of aromatic nitrogens is 3. The van der Waals surface area contributed by atoms with Crippen LogP contribution in [0.15, 0.2) is 98.2 Å². The first kappa shape index (κ1) is 30.3. The molecule has 200 valence electrons. The van der Waals surface area contributed by atoms with Gasteiger partial charge in [0.1, 0.15) is 11.6 Å². The molecular formula is C33H36FN5. The maximum Gasteiger partial charge on any atom is 0.133 e.